The van der Waals surface area contributed by atoms with Crippen molar-refractivity contribution in [2.45, 2.75) is 50.7 Å². The van der Waals surface area contributed by atoms with Gasteiger partial charge in [-0.15, -0.1) is 23.1 Å². The number of aliphatic hydroxyl groups is 1. The van der Waals surface area contributed by atoms with Gasteiger partial charge < -0.3 is 24.6 Å². The lowest BCUT2D eigenvalue weighted by Gasteiger charge is -2.46. The van der Waals surface area contributed by atoms with Gasteiger partial charge in [0.25, 0.3) is 11.4 Å². The summed E-state index contributed by atoms with van der Waals surface area (Å²) in [6.45, 7) is 2.66. The van der Waals surface area contributed by atoms with Crippen molar-refractivity contribution >= 4 is 74.9 Å². The molecule has 0 bridgehead atoms. The SMILES string of the molecule is C[C@@H](O)[C@H]1C(=O)N2C(C(=O)O)=C(c3cn4cnc(SCCCN(C(=N)NC(=O)OCc5ccc([N+](=O)[O-])cc5)C(=O)OCc5ccc([N+](=O)[O-])cc5)c4s3)[C@H](C)[C@H]12. The molecule has 2 aromatic heterocycles. The summed E-state index contributed by atoms with van der Waals surface area (Å²) in [5, 5.41) is 53.5. The average Bonchev–Trinajstić information content (AvgIpc) is 3.83. The zero-order valence-electron chi connectivity index (χ0n) is 30.1. The van der Waals surface area contributed by atoms with Gasteiger partial charge in [-0.2, -0.15) is 0 Å². The Kier molecular flexibility index (Phi) is 11.8. The summed E-state index contributed by atoms with van der Waals surface area (Å²) in [4.78, 5) is 79.7. The maximum Gasteiger partial charge on any atom is 0.416 e. The highest BCUT2D eigenvalue weighted by atomic mass is 32.2. The van der Waals surface area contributed by atoms with Crippen molar-refractivity contribution in [1.82, 2.24) is 24.5 Å². The molecule has 0 radical (unpaired) electrons. The lowest BCUT2D eigenvalue weighted by Crippen LogP contribution is -2.63. The molecular weight excluding hydrogens is 789 g/mol. The molecule has 0 aliphatic carbocycles. The fraction of sp³-hybridized carbons (Fsp3) is 0.314. The first-order valence-electron chi connectivity index (χ1n) is 17.2. The van der Waals surface area contributed by atoms with Gasteiger partial charge in [0.15, 0.2) is 0 Å². The van der Waals surface area contributed by atoms with Crippen LogP contribution in [0.25, 0.3) is 10.4 Å². The molecule has 2 aromatic carbocycles. The summed E-state index contributed by atoms with van der Waals surface area (Å²) in [5.74, 6) is -3.02. The van der Waals surface area contributed by atoms with Crippen molar-refractivity contribution in [1.29, 1.82) is 5.41 Å². The lowest BCUT2D eigenvalue weighted by molar-refractivity contribution is -0.385. The molecule has 1 fully saturated rings. The Bertz CT molecular complexity index is 2290. The predicted molar refractivity (Wildman–Crippen MR) is 202 cm³/mol. The second kappa shape index (κ2) is 16.8. The number of carbonyl (C=O) groups is 4. The number of carboxylic acids is 1. The number of non-ortho nitro benzene ring substituents is 2. The number of hydrogen-bond donors (Lipinski definition) is 4. The summed E-state index contributed by atoms with van der Waals surface area (Å²) in [5.41, 5.74) is 0.959. The molecule has 2 aliphatic rings. The van der Waals surface area contributed by atoms with E-state index in [1.165, 1.54) is 83.5 Å². The van der Waals surface area contributed by atoms with Crippen molar-refractivity contribution in [2.24, 2.45) is 11.8 Å². The van der Waals surface area contributed by atoms with E-state index in [-0.39, 0.29) is 49.2 Å². The molecule has 1 saturated heterocycles. The van der Waals surface area contributed by atoms with E-state index in [0.717, 1.165) is 4.90 Å². The largest absolute Gasteiger partial charge is 0.477 e. The highest BCUT2D eigenvalue weighted by Crippen LogP contribution is 2.51. The summed E-state index contributed by atoms with van der Waals surface area (Å²) < 4.78 is 12.2. The Balaban J connectivity index is 1.11. The van der Waals surface area contributed by atoms with Crippen LogP contribution in [-0.4, -0.2) is 93.7 Å². The van der Waals surface area contributed by atoms with Crippen LogP contribution in [0.5, 0.6) is 0 Å². The first-order chi connectivity index (χ1) is 27.2. The molecule has 4 heterocycles. The van der Waals surface area contributed by atoms with Crippen molar-refractivity contribution in [2.75, 3.05) is 12.3 Å². The van der Waals surface area contributed by atoms with Crippen LogP contribution in [0.2, 0.25) is 0 Å². The minimum atomic E-state index is -1.24. The maximum absolute atomic E-state index is 13.2. The van der Waals surface area contributed by atoms with Crippen LogP contribution in [0.3, 0.4) is 0 Å². The topological polar surface area (TPSA) is 273 Å². The van der Waals surface area contributed by atoms with Crippen LogP contribution >= 0.6 is 23.1 Å². The van der Waals surface area contributed by atoms with Crippen molar-refractivity contribution in [3.63, 3.8) is 0 Å². The number of β-lactam (4-membered cyclic amide) rings is 1. The lowest BCUT2D eigenvalue weighted by atomic mass is 9.77. The van der Waals surface area contributed by atoms with Gasteiger partial charge in [0.05, 0.1) is 32.8 Å². The number of nitro groups is 2. The number of benzene rings is 2. The number of ether oxygens (including phenoxy) is 2. The molecule has 22 heteroatoms. The van der Waals surface area contributed by atoms with E-state index in [0.29, 0.717) is 37.2 Å². The van der Waals surface area contributed by atoms with Crippen LogP contribution in [0, 0.1) is 37.5 Å². The standard InChI is InChI=1S/C35H34N8O12S2/c1-18-25(28(32(46)47)41-27(18)26(19(2)44)30(41)45)24-14-39-17-37-29(31(39)57-24)56-13-3-12-40(35(49)55-16-21-6-10-23(11-7-21)43(52)53)33(36)38-34(48)54-15-20-4-8-22(9-5-20)42(50)51/h4-11,14,17-19,26-27,44H,3,12-13,15-16H2,1-2H3,(H,46,47)(H2,36,38,48)/t18-,19+,26+,27+/m0/s1. The number of thiazole rings is 1. The number of alkyl carbamates (subject to hydrolysis) is 1. The number of nitrogens with one attached hydrogen (secondary N) is 2. The third-order valence-corrected chi connectivity index (χ3v) is 11.7. The molecule has 4 N–H and O–H groups in total. The summed E-state index contributed by atoms with van der Waals surface area (Å²) in [7, 11) is 0. The zero-order valence-corrected chi connectivity index (χ0v) is 31.7. The summed E-state index contributed by atoms with van der Waals surface area (Å²) >= 11 is 2.63. The number of fused-ring (bicyclic) bond motifs is 2. The highest BCUT2D eigenvalue weighted by molar-refractivity contribution is 7.99. The van der Waals surface area contributed by atoms with Gasteiger partial charge in [0.1, 0.15) is 35.1 Å². The Labute approximate surface area is 330 Å². The Hall–Kier alpha value is -6.39. The van der Waals surface area contributed by atoms with Gasteiger partial charge in [-0.25, -0.2) is 24.3 Å². The quantitative estimate of drug-likeness (QED) is 0.0252. The number of aliphatic carboxylic acids is 1. The first kappa shape index (κ1) is 40.3. The van der Waals surface area contributed by atoms with Gasteiger partial charge in [-0.05, 0) is 48.7 Å². The second-order valence-corrected chi connectivity index (χ2v) is 15.1. The summed E-state index contributed by atoms with van der Waals surface area (Å²) in [6, 6.07) is 10.1. The minimum absolute atomic E-state index is 0.104. The zero-order chi connectivity index (χ0) is 41.1. The number of imidazole rings is 1. The number of aromatic nitrogens is 2. The molecule has 20 nitrogen and oxygen atoms in total. The van der Waals surface area contributed by atoms with E-state index in [2.05, 4.69) is 10.3 Å². The fourth-order valence-electron chi connectivity index (χ4n) is 6.58. The normalized spacial score (nSPS) is 17.8. The number of guanidine groups is 1. The molecule has 4 aromatic rings. The Morgan fingerprint density at radius 3 is 2.21 bits per heavy atom. The van der Waals surface area contributed by atoms with Crippen LogP contribution in [0.4, 0.5) is 21.0 Å². The number of hydrogen-bond acceptors (Lipinski definition) is 15. The molecule has 57 heavy (non-hydrogen) atoms. The highest BCUT2D eigenvalue weighted by Gasteiger charge is 2.60. The number of thioether (sulfide) groups is 1. The molecule has 0 saturated carbocycles. The van der Waals surface area contributed by atoms with Crippen molar-refractivity contribution in [3.05, 3.63) is 103 Å². The van der Waals surface area contributed by atoms with E-state index in [4.69, 9.17) is 14.9 Å². The first-order valence-corrected chi connectivity index (χ1v) is 19.0. The van der Waals surface area contributed by atoms with E-state index < -0.39 is 57.9 Å². The monoisotopic (exact) mass is 822 g/mol. The van der Waals surface area contributed by atoms with Gasteiger partial charge in [-0.1, -0.05) is 6.92 Å². The van der Waals surface area contributed by atoms with E-state index >= 15 is 0 Å². The maximum atomic E-state index is 13.2. The number of rotatable bonds is 14. The minimum Gasteiger partial charge on any atom is -0.477 e. The third-order valence-electron chi connectivity index (χ3n) is 9.32. The van der Waals surface area contributed by atoms with Crippen LogP contribution in [-0.2, 0) is 32.3 Å². The molecule has 0 unspecified atom stereocenters. The summed E-state index contributed by atoms with van der Waals surface area (Å²) in [6.07, 6.45) is 0.568. The van der Waals surface area contributed by atoms with Gasteiger partial charge >= 0.3 is 18.2 Å². The average molecular weight is 823 g/mol. The number of carbonyl (C=O) groups excluding carboxylic acids is 3. The number of aliphatic hydroxyl groups excluding tert-OH is 1. The smallest absolute Gasteiger partial charge is 0.416 e. The molecular formula is C35H34N8O12S2. The molecule has 4 atom stereocenters. The van der Waals surface area contributed by atoms with E-state index in [9.17, 15) is 49.6 Å². The van der Waals surface area contributed by atoms with Crippen LogP contribution in [0.1, 0.15) is 36.3 Å². The molecule has 3 amide bonds. The Morgan fingerprint density at radius 1 is 1.05 bits per heavy atom. The van der Waals surface area contributed by atoms with E-state index in [1.54, 1.807) is 16.9 Å². The van der Waals surface area contributed by atoms with E-state index in [1.807, 2.05) is 6.92 Å². The van der Waals surface area contributed by atoms with Crippen LogP contribution < -0.4 is 5.32 Å². The van der Waals surface area contributed by atoms with Gasteiger partial charge in [-0.3, -0.25) is 40.1 Å². The molecule has 2 aliphatic heterocycles. The van der Waals surface area contributed by atoms with Gasteiger partial charge in [0, 0.05) is 54.3 Å². The number of nitrogens with zero attached hydrogens (tertiary/aromatic N) is 6. The molecule has 0 spiro atoms. The molecule has 298 valence electrons. The predicted octanol–water partition coefficient (Wildman–Crippen LogP) is 4.85. The third kappa shape index (κ3) is 8.41. The molecule has 6 rings (SSSR count). The number of nitro benzene ring substituents is 2. The van der Waals surface area contributed by atoms with Gasteiger partial charge in [0.2, 0.25) is 11.9 Å². The number of amides is 3. The Morgan fingerprint density at radius 2 is 1.65 bits per heavy atom. The number of carboxylic acid groups (broad SMARTS) is 1. The van der Waals surface area contributed by atoms with Crippen molar-refractivity contribution in [3.8, 4) is 0 Å². The van der Waals surface area contributed by atoms with Crippen molar-refractivity contribution < 1.29 is 48.7 Å². The second-order valence-electron chi connectivity index (χ2n) is 13.0. The fourth-order valence-corrected chi connectivity index (χ4v) is 8.81. The van der Waals surface area contributed by atoms with Crippen LogP contribution in [0.15, 0.2) is 71.8 Å².